The van der Waals surface area contributed by atoms with Crippen LogP contribution < -0.4 is 4.74 Å². The molecular formula is C39H50N2O2. The maximum absolute atomic E-state index is 11.1. The summed E-state index contributed by atoms with van der Waals surface area (Å²) in [6.07, 6.45) is 14.4. The lowest BCUT2D eigenvalue weighted by atomic mass is 9.98. The molecule has 4 heteroatoms. The van der Waals surface area contributed by atoms with Crippen molar-refractivity contribution >= 4 is 0 Å². The maximum Gasteiger partial charge on any atom is 0.164 e. The van der Waals surface area contributed by atoms with E-state index in [2.05, 4.69) is 77.1 Å². The molecule has 0 radical (unpaired) electrons. The van der Waals surface area contributed by atoms with Gasteiger partial charge in [0.05, 0.1) is 23.6 Å². The van der Waals surface area contributed by atoms with Gasteiger partial charge in [0.15, 0.2) is 5.82 Å². The Morgan fingerprint density at radius 1 is 0.558 bits per heavy atom. The summed E-state index contributed by atoms with van der Waals surface area (Å²) in [4.78, 5) is 9.90. The van der Waals surface area contributed by atoms with Crippen molar-refractivity contribution in [1.29, 1.82) is 0 Å². The molecule has 0 aliphatic heterocycles. The molecule has 0 unspecified atom stereocenters. The number of aromatic hydroxyl groups is 1. The zero-order chi connectivity index (χ0) is 30.6. The van der Waals surface area contributed by atoms with Crippen molar-refractivity contribution in [2.45, 2.75) is 105 Å². The molecule has 1 heterocycles. The number of rotatable bonds is 16. The molecule has 0 amide bonds. The number of ether oxygens (including phenoxy) is 1. The Hall–Kier alpha value is -3.66. The number of nitrogens with zero attached hydrogens (tertiary/aromatic N) is 2. The standard InChI is InChI=1S/C39H50N2O2/c1-6-7-8-9-10-11-12-13-14-15-16-23-43-32-19-22-35(38(42)26-32)39-40-36(33-20-17-28(2)24-30(33)4)27-37(41-39)34-21-18-29(3)25-31(34)5/h17-22,24-27,42H,6-16,23H2,1-5H3. The Morgan fingerprint density at radius 2 is 1.05 bits per heavy atom. The van der Waals surface area contributed by atoms with Crippen LogP contribution >= 0.6 is 0 Å². The third-order valence-electron chi connectivity index (χ3n) is 8.27. The Kier molecular flexibility index (Phi) is 12.2. The molecule has 0 bridgehead atoms. The Labute approximate surface area is 259 Å². The number of phenols is 1. The van der Waals surface area contributed by atoms with Crippen LogP contribution in [0.1, 0.15) is 99.8 Å². The molecule has 1 N–H and O–H groups in total. The minimum Gasteiger partial charge on any atom is -0.507 e. The minimum atomic E-state index is 0.126. The molecule has 228 valence electrons. The van der Waals surface area contributed by atoms with E-state index in [1.165, 1.54) is 75.3 Å². The summed E-state index contributed by atoms with van der Waals surface area (Å²) in [5, 5.41) is 11.1. The number of hydrogen-bond acceptors (Lipinski definition) is 4. The lowest BCUT2D eigenvalue weighted by molar-refractivity contribution is 0.302. The highest BCUT2D eigenvalue weighted by Gasteiger charge is 2.16. The van der Waals surface area contributed by atoms with E-state index in [-0.39, 0.29) is 5.75 Å². The zero-order valence-electron chi connectivity index (χ0n) is 27.0. The molecule has 0 fully saturated rings. The van der Waals surface area contributed by atoms with Crippen LogP contribution in [0.25, 0.3) is 33.9 Å². The highest BCUT2D eigenvalue weighted by molar-refractivity contribution is 5.76. The van der Waals surface area contributed by atoms with Gasteiger partial charge in [0.2, 0.25) is 0 Å². The smallest absolute Gasteiger partial charge is 0.164 e. The van der Waals surface area contributed by atoms with Crippen molar-refractivity contribution < 1.29 is 9.84 Å². The quantitative estimate of drug-likeness (QED) is 0.134. The van der Waals surface area contributed by atoms with Gasteiger partial charge in [-0.25, -0.2) is 9.97 Å². The molecule has 0 aliphatic rings. The van der Waals surface area contributed by atoms with Gasteiger partial charge in [-0.1, -0.05) is 119 Å². The molecule has 1 aromatic heterocycles. The van der Waals surface area contributed by atoms with Crippen LogP contribution in [0.5, 0.6) is 11.5 Å². The number of phenolic OH excluding ortho intramolecular Hbond substituents is 1. The van der Waals surface area contributed by atoms with Crippen LogP contribution in [0, 0.1) is 27.7 Å². The molecule has 4 rings (SSSR count). The van der Waals surface area contributed by atoms with E-state index in [0.717, 1.165) is 40.1 Å². The number of aromatic nitrogens is 2. The summed E-state index contributed by atoms with van der Waals surface area (Å²) < 4.78 is 6.00. The number of hydrogen-bond donors (Lipinski definition) is 1. The van der Waals surface area contributed by atoms with Crippen LogP contribution in [0.15, 0.2) is 60.7 Å². The van der Waals surface area contributed by atoms with Crippen molar-refractivity contribution in [3.05, 3.63) is 82.9 Å². The van der Waals surface area contributed by atoms with Crippen LogP contribution in [0.2, 0.25) is 0 Å². The van der Waals surface area contributed by atoms with E-state index in [4.69, 9.17) is 14.7 Å². The van der Waals surface area contributed by atoms with Gasteiger partial charge >= 0.3 is 0 Å². The van der Waals surface area contributed by atoms with Crippen LogP contribution in [0.3, 0.4) is 0 Å². The molecule has 43 heavy (non-hydrogen) atoms. The van der Waals surface area contributed by atoms with E-state index < -0.39 is 0 Å². The number of unbranched alkanes of at least 4 members (excludes halogenated alkanes) is 10. The maximum atomic E-state index is 11.1. The monoisotopic (exact) mass is 578 g/mol. The van der Waals surface area contributed by atoms with Crippen molar-refractivity contribution in [3.63, 3.8) is 0 Å². The van der Waals surface area contributed by atoms with Crippen molar-refractivity contribution in [2.24, 2.45) is 0 Å². The fourth-order valence-corrected chi connectivity index (χ4v) is 5.79. The molecular weight excluding hydrogens is 528 g/mol. The molecule has 4 aromatic rings. The lowest BCUT2D eigenvalue weighted by Crippen LogP contribution is -2.00. The second-order valence-electron chi connectivity index (χ2n) is 12.2. The zero-order valence-corrected chi connectivity index (χ0v) is 27.0. The highest BCUT2D eigenvalue weighted by atomic mass is 16.5. The Balaban J connectivity index is 1.43. The van der Waals surface area contributed by atoms with Crippen LogP contribution in [0.4, 0.5) is 0 Å². The fourth-order valence-electron chi connectivity index (χ4n) is 5.79. The molecule has 0 atom stereocenters. The second kappa shape index (κ2) is 16.3. The summed E-state index contributed by atoms with van der Waals surface area (Å²) in [6.45, 7) is 11.3. The Morgan fingerprint density at radius 3 is 1.53 bits per heavy atom. The third-order valence-corrected chi connectivity index (χ3v) is 8.27. The van der Waals surface area contributed by atoms with Gasteiger partial charge in [-0.05, 0) is 63.4 Å². The normalized spacial score (nSPS) is 11.2. The third kappa shape index (κ3) is 9.41. The summed E-state index contributed by atoms with van der Waals surface area (Å²) >= 11 is 0. The molecule has 0 saturated carbocycles. The van der Waals surface area contributed by atoms with E-state index in [1.807, 2.05) is 12.1 Å². The fraction of sp³-hybridized carbons (Fsp3) is 0.436. The van der Waals surface area contributed by atoms with Crippen molar-refractivity contribution in [1.82, 2.24) is 9.97 Å². The number of benzene rings is 3. The molecule has 4 nitrogen and oxygen atoms in total. The largest absolute Gasteiger partial charge is 0.507 e. The predicted molar refractivity (Wildman–Crippen MR) is 181 cm³/mol. The summed E-state index contributed by atoms with van der Waals surface area (Å²) in [5.74, 6) is 1.30. The van der Waals surface area contributed by atoms with E-state index in [0.29, 0.717) is 23.7 Å². The SMILES string of the molecule is CCCCCCCCCCCCCOc1ccc(-c2nc(-c3ccc(C)cc3C)cc(-c3ccc(C)cc3C)n2)c(O)c1. The predicted octanol–water partition coefficient (Wildman–Crippen LogP) is 11.1. The van der Waals surface area contributed by atoms with E-state index in [1.54, 1.807) is 6.07 Å². The average Bonchev–Trinajstić information content (AvgIpc) is 2.97. The van der Waals surface area contributed by atoms with Crippen molar-refractivity contribution in [2.75, 3.05) is 6.61 Å². The van der Waals surface area contributed by atoms with Gasteiger partial charge in [0.25, 0.3) is 0 Å². The van der Waals surface area contributed by atoms with E-state index in [9.17, 15) is 5.11 Å². The highest BCUT2D eigenvalue weighted by Crippen LogP contribution is 2.35. The topological polar surface area (TPSA) is 55.2 Å². The van der Waals surface area contributed by atoms with Gasteiger partial charge in [-0.2, -0.15) is 0 Å². The summed E-state index contributed by atoms with van der Waals surface area (Å²) in [6, 6.07) is 20.3. The van der Waals surface area contributed by atoms with Gasteiger partial charge in [-0.3, -0.25) is 0 Å². The minimum absolute atomic E-state index is 0.126. The first-order valence-electron chi connectivity index (χ1n) is 16.4. The number of aryl methyl sites for hydroxylation is 4. The van der Waals surface area contributed by atoms with Crippen molar-refractivity contribution in [3.8, 4) is 45.4 Å². The molecule has 0 aliphatic carbocycles. The van der Waals surface area contributed by atoms with Gasteiger partial charge in [0, 0.05) is 17.2 Å². The lowest BCUT2D eigenvalue weighted by Gasteiger charge is -2.14. The van der Waals surface area contributed by atoms with Crippen LogP contribution in [-0.2, 0) is 0 Å². The van der Waals surface area contributed by atoms with Crippen LogP contribution in [-0.4, -0.2) is 21.7 Å². The summed E-state index contributed by atoms with van der Waals surface area (Å²) in [5.41, 5.74) is 9.15. The van der Waals surface area contributed by atoms with E-state index >= 15 is 0 Å². The first-order valence-corrected chi connectivity index (χ1v) is 16.4. The van der Waals surface area contributed by atoms with Gasteiger partial charge in [-0.15, -0.1) is 0 Å². The van der Waals surface area contributed by atoms with Gasteiger partial charge in [0.1, 0.15) is 11.5 Å². The first-order chi connectivity index (χ1) is 20.9. The Bertz CT molecular complexity index is 1410. The molecule has 0 spiro atoms. The van der Waals surface area contributed by atoms with Gasteiger partial charge < -0.3 is 9.84 Å². The first kappa shape index (κ1) is 32.3. The molecule has 3 aromatic carbocycles. The average molecular weight is 579 g/mol. The summed E-state index contributed by atoms with van der Waals surface area (Å²) in [7, 11) is 0. The molecule has 0 saturated heterocycles. The second-order valence-corrected chi connectivity index (χ2v) is 12.2.